The third kappa shape index (κ3) is 2.22. The average molecular weight is 223 g/mol. The highest BCUT2D eigenvalue weighted by Gasteiger charge is 2.18. The first-order chi connectivity index (χ1) is 7.66. The minimum absolute atomic E-state index is 0.0220. The monoisotopic (exact) mass is 223 g/mol. The molecule has 0 saturated carbocycles. The van der Waals surface area contributed by atoms with Crippen LogP contribution in [0.4, 0.5) is 11.4 Å². The number of aromatic nitrogens is 1. The van der Waals surface area contributed by atoms with Crippen molar-refractivity contribution >= 4 is 17.3 Å². The zero-order valence-electron chi connectivity index (χ0n) is 8.64. The minimum atomic E-state index is -1.07. The van der Waals surface area contributed by atoms with E-state index in [1.165, 1.54) is 12.3 Å². The number of carbonyl (C=O) groups is 1. The van der Waals surface area contributed by atoms with Crippen molar-refractivity contribution in [3.05, 3.63) is 18.0 Å². The summed E-state index contributed by atoms with van der Waals surface area (Å²) in [7, 11) is 0. The van der Waals surface area contributed by atoms with E-state index < -0.39 is 5.97 Å². The fourth-order valence-corrected chi connectivity index (χ4v) is 1.41. The molecule has 6 heteroatoms. The number of nitrogens with two attached hydrogens (primary N) is 1. The van der Waals surface area contributed by atoms with Gasteiger partial charge in [-0.25, -0.2) is 9.78 Å². The van der Waals surface area contributed by atoms with Crippen LogP contribution < -0.4 is 11.1 Å². The predicted octanol–water partition coefficient (Wildman–Crippen LogP) is 0.563. The minimum Gasteiger partial charge on any atom is -0.477 e. The molecule has 1 aromatic heterocycles. The molecule has 2 heterocycles. The van der Waals surface area contributed by atoms with Crippen molar-refractivity contribution in [1.82, 2.24) is 4.98 Å². The van der Waals surface area contributed by atoms with Crippen LogP contribution in [0.5, 0.6) is 0 Å². The van der Waals surface area contributed by atoms with Gasteiger partial charge in [0, 0.05) is 13.2 Å². The number of carboxylic acids is 1. The van der Waals surface area contributed by atoms with Crippen molar-refractivity contribution in [1.29, 1.82) is 0 Å². The van der Waals surface area contributed by atoms with Crippen LogP contribution in [-0.4, -0.2) is 35.3 Å². The number of nitrogen functional groups attached to an aromatic ring is 1. The van der Waals surface area contributed by atoms with Crippen LogP contribution >= 0.6 is 0 Å². The molecule has 1 aliphatic rings. The number of nitrogens with one attached hydrogen (secondary N) is 1. The standard InChI is InChI=1S/C10H13N3O3/c11-7-5-13-9(10(14)15)3-8(7)12-4-6-1-2-16-6/h3,5-6H,1-2,4,11H2,(H,12,13)(H,14,15). The van der Waals surface area contributed by atoms with Gasteiger partial charge in [0.05, 0.1) is 23.7 Å². The van der Waals surface area contributed by atoms with Gasteiger partial charge in [0.25, 0.3) is 0 Å². The number of nitrogens with zero attached hydrogens (tertiary/aromatic N) is 1. The van der Waals surface area contributed by atoms with Crippen LogP contribution in [0.1, 0.15) is 16.9 Å². The van der Waals surface area contributed by atoms with Gasteiger partial charge >= 0.3 is 5.97 Å². The number of hydrogen-bond acceptors (Lipinski definition) is 5. The highest BCUT2D eigenvalue weighted by atomic mass is 16.5. The van der Waals surface area contributed by atoms with Crippen LogP contribution in [0.3, 0.4) is 0 Å². The second kappa shape index (κ2) is 4.36. The lowest BCUT2D eigenvalue weighted by molar-refractivity contribution is -0.0410. The Morgan fingerprint density at radius 2 is 2.50 bits per heavy atom. The highest BCUT2D eigenvalue weighted by molar-refractivity contribution is 5.87. The van der Waals surface area contributed by atoms with E-state index >= 15 is 0 Å². The van der Waals surface area contributed by atoms with Gasteiger partial charge in [-0.05, 0) is 12.5 Å². The molecule has 0 aliphatic carbocycles. The van der Waals surface area contributed by atoms with E-state index in [2.05, 4.69) is 10.3 Å². The molecule has 1 aromatic rings. The molecule has 4 N–H and O–H groups in total. The Morgan fingerprint density at radius 1 is 1.75 bits per heavy atom. The summed E-state index contributed by atoms with van der Waals surface area (Å²) in [6, 6.07) is 1.43. The normalized spacial score (nSPS) is 18.9. The Bertz CT molecular complexity index is 404. The molecular formula is C10H13N3O3. The largest absolute Gasteiger partial charge is 0.477 e. The molecule has 86 valence electrons. The van der Waals surface area contributed by atoms with Crippen molar-refractivity contribution in [2.24, 2.45) is 0 Å². The van der Waals surface area contributed by atoms with E-state index in [0.717, 1.165) is 13.0 Å². The van der Waals surface area contributed by atoms with Crippen LogP contribution in [0.25, 0.3) is 0 Å². The maximum Gasteiger partial charge on any atom is 0.354 e. The lowest BCUT2D eigenvalue weighted by atomic mass is 10.2. The average Bonchev–Trinajstić information content (AvgIpc) is 2.18. The Morgan fingerprint density at radius 3 is 3.06 bits per heavy atom. The van der Waals surface area contributed by atoms with Gasteiger partial charge in [-0.15, -0.1) is 0 Å². The molecule has 1 aliphatic heterocycles. The third-order valence-electron chi connectivity index (χ3n) is 2.47. The second-order valence-electron chi connectivity index (χ2n) is 3.62. The SMILES string of the molecule is Nc1cnc(C(=O)O)cc1NCC1CCO1. The van der Waals surface area contributed by atoms with Crippen LogP contribution in [0, 0.1) is 0 Å². The number of aromatic carboxylic acids is 1. The zero-order chi connectivity index (χ0) is 11.5. The maximum atomic E-state index is 10.7. The first-order valence-corrected chi connectivity index (χ1v) is 5.01. The van der Waals surface area contributed by atoms with Crippen molar-refractivity contribution in [3.63, 3.8) is 0 Å². The Labute approximate surface area is 92.4 Å². The van der Waals surface area contributed by atoms with Crippen molar-refractivity contribution in [2.45, 2.75) is 12.5 Å². The second-order valence-corrected chi connectivity index (χ2v) is 3.62. The first-order valence-electron chi connectivity index (χ1n) is 5.01. The van der Waals surface area contributed by atoms with Crippen molar-refractivity contribution in [3.8, 4) is 0 Å². The maximum absolute atomic E-state index is 10.7. The van der Waals surface area contributed by atoms with Gasteiger partial charge in [-0.2, -0.15) is 0 Å². The first kappa shape index (κ1) is 10.7. The van der Waals surface area contributed by atoms with Crippen molar-refractivity contribution < 1.29 is 14.6 Å². The molecule has 1 saturated heterocycles. The summed E-state index contributed by atoms with van der Waals surface area (Å²) in [5, 5.41) is 11.8. The molecule has 0 aromatic carbocycles. The Balaban J connectivity index is 2.05. The Kier molecular flexibility index (Phi) is 2.91. The van der Waals surface area contributed by atoms with Crippen LogP contribution in [0.2, 0.25) is 0 Å². The van der Waals surface area contributed by atoms with Gasteiger partial charge in [-0.1, -0.05) is 0 Å². The van der Waals surface area contributed by atoms with Crippen molar-refractivity contribution in [2.75, 3.05) is 24.2 Å². The van der Waals surface area contributed by atoms with Gasteiger partial charge in [-0.3, -0.25) is 0 Å². The lowest BCUT2D eigenvalue weighted by Gasteiger charge is -2.27. The van der Waals surface area contributed by atoms with E-state index in [4.69, 9.17) is 15.6 Å². The fourth-order valence-electron chi connectivity index (χ4n) is 1.41. The van der Waals surface area contributed by atoms with E-state index in [0.29, 0.717) is 17.9 Å². The third-order valence-corrected chi connectivity index (χ3v) is 2.47. The molecular weight excluding hydrogens is 210 g/mol. The molecule has 0 bridgehead atoms. The van der Waals surface area contributed by atoms with E-state index in [9.17, 15) is 4.79 Å². The van der Waals surface area contributed by atoms with E-state index in [1.807, 2.05) is 0 Å². The number of carboxylic acid groups (broad SMARTS) is 1. The summed E-state index contributed by atoms with van der Waals surface area (Å²) in [5.74, 6) is -1.07. The summed E-state index contributed by atoms with van der Waals surface area (Å²) in [6.45, 7) is 1.42. The fraction of sp³-hybridized carbons (Fsp3) is 0.400. The number of anilines is 2. The summed E-state index contributed by atoms with van der Waals surface area (Å²) >= 11 is 0. The molecule has 2 rings (SSSR count). The van der Waals surface area contributed by atoms with Crippen LogP contribution in [-0.2, 0) is 4.74 Å². The quantitative estimate of drug-likeness (QED) is 0.690. The summed E-state index contributed by atoms with van der Waals surface area (Å²) < 4.78 is 5.23. The Hall–Kier alpha value is -1.82. The molecule has 6 nitrogen and oxygen atoms in total. The molecule has 16 heavy (non-hydrogen) atoms. The molecule has 0 spiro atoms. The molecule has 0 radical (unpaired) electrons. The smallest absolute Gasteiger partial charge is 0.354 e. The summed E-state index contributed by atoms with van der Waals surface area (Å²) in [4.78, 5) is 14.4. The highest BCUT2D eigenvalue weighted by Crippen LogP contribution is 2.19. The predicted molar refractivity (Wildman–Crippen MR) is 58.5 cm³/mol. The summed E-state index contributed by atoms with van der Waals surface area (Å²) in [5.41, 5.74) is 6.68. The topological polar surface area (TPSA) is 97.5 Å². The lowest BCUT2D eigenvalue weighted by Crippen LogP contribution is -2.33. The molecule has 1 unspecified atom stereocenters. The van der Waals surface area contributed by atoms with Gasteiger partial charge in [0.1, 0.15) is 5.69 Å². The number of rotatable bonds is 4. The van der Waals surface area contributed by atoms with Crippen LogP contribution in [0.15, 0.2) is 12.3 Å². The van der Waals surface area contributed by atoms with Gasteiger partial charge in [0.2, 0.25) is 0 Å². The molecule has 0 amide bonds. The molecule has 1 atom stereocenters. The number of pyridine rings is 1. The summed E-state index contributed by atoms with van der Waals surface area (Å²) in [6.07, 6.45) is 2.55. The van der Waals surface area contributed by atoms with Gasteiger partial charge < -0.3 is 20.9 Å². The van der Waals surface area contributed by atoms with E-state index in [-0.39, 0.29) is 11.8 Å². The van der Waals surface area contributed by atoms with Gasteiger partial charge in [0.15, 0.2) is 0 Å². The zero-order valence-corrected chi connectivity index (χ0v) is 8.64. The number of hydrogen-bond donors (Lipinski definition) is 3. The molecule has 1 fully saturated rings. The number of ether oxygens (including phenoxy) is 1. The van der Waals surface area contributed by atoms with E-state index in [1.54, 1.807) is 0 Å².